The SMILES string of the molecule is [B]C1([B])CCC(=O)O1. The highest BCUT2D eigenvalue weighted by Gasteiger charge is 2.28. The van der Waals surface area contributed by atoms with Crippen LogP contribution in [0.5, 0.6) is 0 Å². The summed E-state index contributed by atoms with van der Waals surface area (Å²) in [6, 6.07) is 0. The number of rotatable bonds is 0. The molecule has 0 spiro atoms. The first-order valence-corrected chi connectivity index (χ1v) is 2.40. The van der Waals surface area contributed by atoms with Crippen LogP contribution in [0.25, 0.3) is 0 Å². The van der Waals surface area contributed by atoms with Gasteiger partial charge in [0, 0.05) is 11.8 Å². The number of hydrogen-bond acceptors (Lipinski definition) is 2. The third-order valence-corrected chi connectivity index (χ3v) is 1.02. The molecule has 0 amide bonds. The van der Waals surface area contributed by atoms with Crippen molar-refractivity contribution in [1.29, 1.82) is 0 Å². The van der Waals surface area contributed by atoms with E-state index in [1.165, 1.54) is 0 Å². The summed E-state index contributed by atoms with van der Waals surface area (Å²) >= 11 is 0. The zero-order chi connectivity index (χ0) is 6.20. The smallest absolute Gasteiger partial charge is 0.304 e. The fourth-order valence-electron chi connectivity index (χ4n) is 0.611. The number of esters is 1. The average molecular weight is 106 g/mol. The molecule has 38 valence electrons. The standard InChI is InChI=1S/C4H4B2O2/c5-4(6)2-1-3(7)8-4/h1-2H2. The molecule has 8 heavy (non-hydrogen) atoms. The van der Waals surface area contributed by atoms with E-state index in [0.29, 0.717) is 12.8 Å². The molecule has 1 heterocycles. The predicted molar refractivity (Wildman–Crippen MR) is 29.6 cm³/mol. The van der Waals surface area contributed by atoms with Crippen molar-refractivity contribution in [2.45, 2.75) is 18.2 Å². The number of hydrogen-bond donors (Lipinski definition) is 0. The van der Waals surface area contributed by atoms with Crippen molar-refractivity contribution in [2.24, 2.45) is 0 Å². The highest BCUT2D eigenvalue weighted by molar-refractivity contribution is 6.40. The number of carbonyl (C=O) groups excluding carboxylic acids is 1. The van der Waals surface area contributed by atoms with Gasteiger partial charge in [0.1, 0.15) is 15.7 Å². The predicted octanol–water partition coefficient (Wildman–Crippen LogP) is -0.686. The fourth-order valence-corrected chi connectivity index (χ4v) is 0.611. The summed E-state index contributed by atoms with van der Waals surface area (Å²) in [7, 11) is 10.4. The quantitative estimate of drug-likeness (QED) is 0.301. The van der Waals surface area contributed by atoms with Crippen LogP contribution in [0.3, 0.4) is 0 Å². The molecule has 1 aliphatic rings. The van der Waals surface area contributed by atoms with Crippen molar-refractivity contribution in [3.8, 4) is 0 Å². The van der Waals surface area contributed by atoms with Crippen LogP contribution < -0.4 is 0 Å². The maximum atomic E-state index is 10.3. The van der Waals surface area contributed by atoms with Crippen molar-refractivity contribution >= 4 is 21.7 Å². The third kappa shape index (κ3) is 1.05. The lowest BCUT2D eigenvalue weighted by Gasteiger charge is -2.15. The van der Waals surface area contributed by atoms with Gasteiger partial charge in [-0.2, -0.15) is 0 Å². The highest BCUT2D eigenvalue weighted by Crippen LogP contribution is 2.18. The lowest BCUT2D eigenvalue weighted by atomic mass is 9.64. The molecule has 1 rings (SSSR count). The van der Waals surface area contributed by atoms with E-state index in [0.717, 1.165) is 0 Å². The molecule has 1 saturated heterocycles. The molecule has 0 aromatic carbocycles. The van der Waals surface area contributed by atoms with Crippen LogP contribution in [0.15, 0.2) is 0 Å². The van der Waals surface area contributed by atoms with Gasteiger partial charge in [0.05, 0.1) is 0 Å². The van der Waals surface area contributed by atoms with Gasteiger partial charge in [-0.3, -0.25) is 4.79 Å². The topological polar surface area (TPSA) is 26.3 Å². The summed E-state index contributed by atoms with van der Waals surface area (Å²) < 4.78 is 4.47. The molecule has 0 atom stereocenters. The van der Waals surface area contributed by atoms with E-state index < -0.39 is 5.40 Å². The summed E-state index contributed by atoms with van der Waals surface area (Å²) in [4.78, 5) is 10.3. The molecule has 0 saturated carbocycles. The number of carbonyl (C=O) groups is 1. The molecule has 4 radical (unpaired) electrons. The molecular weight excluding hydrogens is 102 g/mol. The Balaban J connectivity index is 2.56. The van der Waals surface area contributed by atoms with Crippen LogP contribution in [-0.2, 0) is 9.53 Å². The Hall–Kier alpha value is -0.400. The van der Waals surface area contributed by atoms with E-state index in [1.54, 1.807) is 0 Å². The molecule has 0 aliphatic carbocycles. The van der Waals surface area contributed by atoms with Crippen molar-refractivity contribution in [1.82, 2.24) is 0 Å². The van der Waals surface area contributed by atoms with Gasteiger partial charge in [-0.15, -0.1) is 0 Å². The molecule has 0 bridgehead atoms. The van der Waals surface area contributed by atoms with E-state index in [9.17, 15) is 4.79 Å². The highest BCUT2D eigenvalue weighted by atomic mass is 16.6. The van der Waals surface area contributed by atoms with Crippen molar-refractivity contribution in [3.05, 3.63) is 0 Å². The molecule has 1 fully saturated rings. The average Bonchev–Trinajstić information content (AvgIpc) is 1.82. The molecule has 4 heteroatoms. The Morgan fingerprint density at radius 1 is 1.62 bits per heavy atom. The zero-order valence-corrected chi connectivity index (χ0v) is 4.39. The second-order valence-corrected chi connectivity index (χ2v) is 1.93. The first kappa shape index (κ1) is 5.73. The Morgan fingerprint density at radius 3 is 2.38 bits per heavy atom. The molecule has 0 N–H and O–H groups in total. The van der Waals surface area contributed by atoms with Gasteiger partial charge < -0.3 is 4.74 Å². The van der Waals surface area contributed by atoms with Gasteiger partial charge in [-0.1, -0.05) is 0 Å². The Bertz CT molecular complexity index is 121. The van der Waals surface area contributed by atoms with Crippen LogP contribution in [0.4, 0.5) is 0 Å². The minimum absolute atomic E-state index is 0.310. The van der Waals surface area contributed by atoms with E-state index >= 15 is 0 Å². The summed E-state index contributed by atoms with van der Waals surface area (Å²) in [6.07, 6.45) is 0.763. The van der Waals surface area contributed by atoms with Gasteiger partial charge in [-0.25, -0.2) is 0 Å². The number of ether oxygens (including phenoxy) is 1. The maximum Gasteiger partial charge on any atom is 0.304 e. The van der Waals surface area contributed by atoms with Crippen LogP contribution in [-0.4, -0.2) is 27.1 Å². The minimum atomic E-state index is -1.18. The summed E-state index contributed by atoms with van der Waals surface area (Å²) in [5.41, 5.74) is 0. The minimum Gasteiger partial charge on any atom is -0.480 e. The van der Waals surface area contributed by atoms with Gasteiger partial charge in [-0.05, 0) is 6.42 Å². The normalized spacial score (nSPS) is 25.2. The van der Waals surface area contributed by atoms with Crippen LogP contribution >= 0.6 is 0 Å². The van der Waals surface area contributed by atoms with Gasteiger partial charge in [0.15, 0.2) is 0 Å². The second kappa shape index (κ2) is 1.54. The molecule has 1 aliphatic heterocycles. The first-order chi connectivity index (χ1) is 3.60. The van der Waals surface area contributed by atoms with E-state index in [-0.39, 0.29) is 5.97 Å². The van der Waals surface area contributed by atoms with Crippen molar-refractivity contribution in [2.75, 3.05) is 0 Å². The van der Waals surface area contributed by atoms with E-state index in [1.807, 2.05) is 0 Å². The molecular formula is C4H4B2O2. The summed E-state index contributed by atoms with van der Waals surface area (Å²) in [5, 5.41) is -1.18. The van der Waals surface area contributed by atoms with Crippen molar-refractivity contribution in [3.63, 3.8) is 0 Å². The first-order valence-electron chi connectivity index (χ1n) is 2.40. The lowest BCUT2D eigenvalue weighted by molar-refractivity contribution is -0.140. The van der Waals surface area contributed by atoms with Crippen LogP contribution in [0.1, 0.15) is 12.8 Å². The Labute approximate surface area is 50.4 Å². The van der Waals surface area contributed by atoms with Crippen molar-refractivity contribution < 1.29 is 9.53 Å². The van der Waals surface area contributed by atoms with Gasteiger partial charge >= 0.3 is 5.97 Å². The molecule has 0 aromatic heterocycles. The van der Waals surface area contributed by atoms with Gasteiger partial charge in [0.2, 0.25) is 0 Å². The van der Waals surface area contributed by atoms with E-state index in [4.69, 9.17) is 15.7 Å². The Morgan fingerprint density at radius 2 is 2.25 bits per heavy atom. The second-order valence-electron chi connectivity index (χ2n) is 1.93. The van der Waals surface area contributed by atoms with E-state index in [2.05, 4.69) is 4.74 Å². The zero-order valence-electron chi connectivity index (χ0n) is 4.39. The largest absolute Gasteiger partial charge is 0.480 e. The summed E-state index contributed by atoms with van der Waals surface area (Å²) in [6.45, 7) is 0. The fraction of sp³-hybridized carbons (Fsp3) is 0.750. The third-order valence-electron chi connectivity index (χ3n) is 1.02. The molecule has 2 nitrogen and oxygen atoms in total. The maximum absolute atomic E-state index is 10.3. The Kier molecular flexibility index (Phi) is 1.10. The van der Waals surface area contributed by atoms with Crippen LogP contribution in [0.2, 0.25) is 0 Å². The van der Waals surface area contributed by atoms with Gasteiger partial charge in [0.25, 0.3) is 0 Å². The van der Waals surface area contributed by atoms with Crippen LogP contribution in [0, 0.1) is 0 Å². The summed E-state index contributed by atoms with van der Waals surface area (Å²) in [5.74, 6) is -0.310. The molecule has 0 aromatic rings. The number of cyclic esters (lactones) is 1. The lowest BCUT2D eigenvalue weighted by Crippen LogP contribution is -2.28. The molecule has 0 unspecified atom stereocenters. The monoisotopic (exact) mass is 106 g/mol.